The normalized spacial score (nSPS) is 12.2. The summed E-state index contributed by atoms with van der Waals surface area (Å²) >= 11 is 0. The lowest BCUT2D eigenvalue weighted by Crippen LogP contribution is -2.07. The first-order valence-electron chi connectivity index (χ1n) is 4.38. The second-order valence-electron chi connectivity index (χ2n) is 3.11. The van der Waals surface area contributed by atoms with Crippen molar-refractivity contribution >= 4 is 5.97 Å². The Hall–Kier alpha value is -1.31. The van der Waals surface area contributed by atoms with Gasteiger partial charge in [-0.05, 0) is 5.56 Å². The third-order valence-electron chi connectivity index (χ3n) is 1.91. The molecule has 2 heteroatoms. The average Bonchev–Trinajstić information content (AvgIpc) is 2.15. The van der Waals surface area contributed by atoms with Crippen LogP contribution < -0.4 is 0 Å². The number of ether oxygens (including phenoxy) is 1. The zero-order valence-electron chi connectivity index (χ0n) is 7.99. The minimum Gasteiger partial charge on any atom is -0.465 e. The molecular weight excluding hydrogens is 164 g/mol. The smallest absolute Gasteiger partial charge is 0.302 e. The Kier molecular flexibility index (Phi) is 3.50. The number of carbonyl (C=O) groups excluding carboxylic acids is 1. The molecule has 0 radical (unpaired) electrons. The molecule has 1 atom stereocenters. The van der Waals surface area contributed by atoms with Gasteiger partial charge in [0.25, 0.3) is 0 Å². The molecule has 2 nitrogen and oxygen atoms in total. The lowest BCUT2D eigenvalue weighted by Gasteiger charge is -2.10. The first-order chi connectivity index (χ1) is 6.20. The molecule has 0 aliphatic carbocycles. The SMILES string of the molecule is CC(=O)OC[C@H](C)c1ccccc1. The van der Waals surface area contributed by atoms with Crippen molar-refractivity contribution in [3.05, 3.63) is 35.9 Å². The van der Waals surface area contributed by atoms with E-state index in [4.69, 9.17) is 4.74 Å². The molecule has 0 spiro atoms. The van der Waals surface area contributed by atoms with Crippen molar-refractivity contribution in [2.24, 2.45) is 0 Å². The maximum absolute atomic E-state index is 10.6. The van der Waals surface area contributed by atoms with E-state index in [1.807, 2.05) is 37.3 Å². The number of benzene rings is 1. The van der Waals surface area contributed by atoms with Gasteiger partial charge in [0, 0.05) is 12.8 Å². The third-order valence-corrected chi connectivity index (χ3v) is 1.91. The van der Waals surface area contributed by atoms with Crippen molar-refractivity contribution in [3.63, 3.8) is 0 Å². The van der Waals surface area contributed by atoms with Gasteiger partial charge >= 0.3 is 5.97 Å². The van der Waals surface area contributed by atoms with E-state index in [1.54, 1.807) is 0 Å². The molecule has 70 valence electrons. The van der Waals surface area contributed by atoms with Gasteiger partial charge in [-0.3, -0.25) is 4.79 Å². The zero-order chi connectivity index (χ0) is 9.68. The summed E-state index contributed by atoms with van der Waals surface area (Å²) < 4.78 is 4.92. The van der Waals surface area contributed by atoms with Crippen LogP contribution in [0.1, 0.15) is 25.3 Å². The Labute approximate surface area is 78.5 Å². The highest BCUT2D eigenvalue weighted by Crippen LogP contribution is 2.14. The Balaban J connectivity index is 2.49. The molecule has 0 amide bonds. The fraction of sp³-hybridized carbons (Fsp3) is 0.364. The molecule has 1 aromatic rings. The van der Waals surface area contributed by atoms with Crippen LogP contribution in [0.5, 0.6) is 0 Å². The molecule has 0 fully saturated rings. The van der Waals surface area contributed by atoms with Crippen molar-refractivity contribution < 1.29 is 9.53 Å². The van der Waals surface area contributed by atoms with Crippen LogP contribution in [0, 0.1) is 0 Å². The number of carbonyl (C=O) groups is 1. The van der Waals surface area contributed by atoms with Crippen molar-refractivity contribution in [2.45, 2.75) is 19.8 Å². The maximum Gasteiger partial charge on any atom is 0.302 e. The van der Waals surface area contributed by atoms with Gasteiger partial charge in [-0.1, -0.05) is 37.3 Å². The Bertz CT molecular complexity index is 267. The summed E-state index contributed by atoms with van der Waals surface area (Å²) in [6, 6.07) is 10.0. The van der Waals surface area contributed by atoms with E-state index >= 15 is 0 Å². The summed E-state index contributed by atoms with van der Waals surface area (Å²) in [4.78, 5) is 10.6. The maximum atomic E-state index is 10.6. The van der Waals surface area contributed by atoms with Gasteiger partial charge < -0.3 is 4.74 Å². The van der Waals surface area contributed by atoms with E-state index in [-0.39, 0.29) is 11.9 Å². The largest absolute Gasteiger partial charge is 0.465 e. The van der Waals surface area contributed by atoms with Gasteiger partial charge in [0.1, 0.15) is 0 Å². The minimum absolute atomic E-state index is 0.220. The monoisotopic (exact) mass is 178 g/mol. The molecule has 1 aromatic carbocycles. The molecule has 0 aliphatic rings. The van der Waals surface area contributed by atoms with Gasteiger partial charge in [0.15, 0.2) is 0 Å². The number of rotatable bonds is 3. The molecular formula is C11H14O2. The van der Waals surface area contributed by atoms with Crippen molar-refractivity contribution in [3.8, 4) is 0 Å². The van der Waals surface area contributed by atoms with Crippen LogP contribution in [-0.2, 0) is 9.53 Å². The summed E-state index contributed by atoms with van der Waals surface area (Å²) in [7, 11) is 0. The van der Waals surface area contributed by atoms with Crippen LogP contribution in [-0.4, -0.2) is 12.6 Å². The fourth-order valence-electron chi connectivity index (χ4n) is 1.12. The molecule has 0 aliphatic heterocycles. The Morgan fingerprint density at radius 3 is 2.54 bits per heavy atom. The molecule has 1 rings (SSSR count). The summed E-state index contributed by atoms with van der Waals surface area (Å²) in [5.74, 6) is 0.0490. The quantitative estimate of drug-likeness (QED) is 0.664. The van der Waals surface area contributed by atoms with Crippen molar-refractivity contribution in [1.82, 2.24) is 0 Å². The van der Waals surface area contributed by atoms with Gasteiger partial charge in [-0.25, -0.2) is 0 Å². The van der Waals surface area contributed by atoms with E-state index in [9.17, 15) is 4.79 Å². The lowest BCUT2D eigenvalue weighted by atomic mass is 10.0. The predicted molar refractivity (Wildman–Crippen MR) is 51.5 cm³/mol. The molecule has 0 unspecified atom stereocenters. The van der Waals surface area contributed by atoms with Crippen molar-refractivity contribution in [1.29, 1.82) is 0 Å². The number of hydrogen-bond donors (Lipinski definition) is 0. The highest BCUT2D eigenvalue weighted by atomic mass is 16.5. The first kappa shape index (κ1) is 9.78. The van der Waals surface area contributed by atoms with Gasteiger partial charge in [-0.2, -0.15) is 0 Å². The second-order valence-corrected chi connectivity index (χ2v) is 3.11. The van der Waals surface area contributed by atoms with E-state index in [1.165, 1.54) is 12.5 Å². The van der Waals surface area contributed by atoms with E-state index < -0.39 is 0 Å². The number of esters is 1. The van der Waals surface area contributed by atoms with Gasteiger partial charge in [0.2, 0.25) is 0 Å². The first-order valence-corrected chi connectivity index (χ1v) is 4.38. The van der Waals surface area contributed by atoms with Crippen LogP contribution in [0.3, 0.4) is 0 Å². The van der Waals surface area contributed by atoms with Crippen LogP contribution in [0.15, 0.2) is 30.3 Å². The average molecular weight is 178 g/mol. The van der Waals surface area contributed by atoms with Crippen LogP contribution in [0.25, 0.3) is 0 Å². The summed E-state index contributed by atoms with van der Waals surface area (Å²) in [5.41, 5.74) is 1.20. The highest BCUT2D eigenvalue weighted by molar-refractivity contribution is 5.65. The van der Waals surface area contributed by atoms with E-state index in [0.29, 0.717) is 6.61 Å². The van der Waals surface area contributed by atoms with Crippen molar-refractivity contribution in [2.75, 3.05) is 6.61 Å². The summed E-state index contributed by atoms with van der Waals surface area (Å²) in [6.07, 6.45) is 0. The Morgan fingerprint density at radius 2 is 2.00 bits per heavy atom. The van der Waals surface area contributed by atoms with E-state index in [2.05, 4.69) is 0 Å². The Morgan fingerprint density at radius 1 is 1.38 bits per heavy atom. The second kappa shape index (κ2) is 4.65. The summed E-state index contributed by atoms with van der Waals surface area (Å²) in [6.45, 7) is 3.93. The summed E-state index contributed by atoms with van der Waals surface area (Å²) in [5, 5.41) is 0. The fourth-order valence-corrected chi connectivity index (χ4v) is 1.12. The van der Waals surface area contributed by atoms with Gasteiger partial charge in [0.05, 0.1) is 6.61 Å². The van der Waals surface area contributed by atoms with Crippen LogP contribution in [0.4, 0.5) is 0 Å². The van der Waals surface area contributed by atoms with Crippen LogP contribution >= 0.6 is 0 Å². The molecule has 0 N–H and O–H groups in total. The predicted octanol–water partition coefficient (Wildman–Crippen LogP) is 2.35. The zero-order valence-corrected chi connectivity index (χ0v) is 7.99. The molecule has 0 saturated heterocycles. The van der Waals surface area contributed by atoms with Crippen LogP contribution in [0.2, 0.25) is 0 Å². The molecule has 0 saturated carbocycles. The molecule has 0 bridgehead atoms. The third kappa shape index (κ3) is 3.28. The van der Waals surface area contributed by atoms with E-state index in [0.717, 1.165) is 0 Å². The number of hydrogen-bond acceptors (Lipinski definition) is 2. The lowest BCUT2D eigenvalue weighted by molar-refractivity contribution is -0.141. The molecule has 13 heavy (non-hydrogen) atoms. The van der Waals surface area contributed by atoms with Gasteiger partial charge in [-0.15, -0.1) is 0 Å². The topological polar surface area (TPSA) is 26.3 Å². The molecule has 0 aromatic heterocycles. The standard InChI is InChI=1S/C11H14O2/c1-9(8-13-10(2)12)11-6-4-3-5-7-11/h3-7,9H,8H2,1-2H3/t9-/m0/s1. The minimum atomic E-state index is -0.220. The molecule has 0 heterocycles. The highest BCUT2D eigenvalue weighted by Gasteiger charge is 2.05.